The van der Waals surface area contributed by atoms with Crippen molar-refractivity contribution in [3.63, 3.8) is 0 Å². The van der Waals surface area contributed by atoms with Gasteiger partial charge in [-0.05, 0) is 67.4 Å². The smallest absolute Gasteiger partial charge is 0.231 e. The number of anilines is 1. The first-order valence-electron chi connectivity index (χ1n) is 8.27. The molecule has 5 rings (SSSR count). The normalized spacial score (nSPS) is 42.4. The van der Waals surface area contributed by atoms with Crippen LogP contribution >= 0.6 is 0 Å². The highest BCUT2D eigenvalue weighted by atomic mass is 16.3. The summed E-state index contributed by atoms with van der Waals surface area (Å²) >= 11 is 0. The number of amides is 1. The average molecular weight is 300 g/mol. The molecule has 4 saturated carbocycles. The number of carbonyl (C=O) groups excluding carboxylic acids is 1. The zero-order valence-electron chi connectivity index (χ0n) is 13.4. The fraction of sp³-hybridized carbons (Fsp3) is 0.667. The Morgan fingerprint density at radius 3 is 2.50 bits per heavy atom. The molecular formula is C18H24N2O2. The maximum absolute atomic E-state index is 13.0. The van der Waals surface area contributed by atoms with Gasteiger partial charge in [0.05, 0.1) is 5.41 Å². The number of hydrogen-bond acceptors (Lipinski definition) is 3. The van der Waals surface area contributed by atoms with Gasteiger partial charge in [-0.1, -0.05) is 13.8 Å². The number of hydrogen-bond donors (Lipinski definition) is 2. The Labute approximate surface area is 131 Å². The molecule has 2 unspecified atom stereocenters. The molecule has 1 aromatic heterocycles. The minimum absolute atomic E-state index is 0.0398. The number of carbonyl (C=O) groups is 1. The van der Waals surface area contributed by atoms with Crippen molar-refractivity contribution in [1.29, 1.82) is 0 Å². The molecule has 0 aliphatic heterocycles. The Bertz CT molecular complexity index is 624. The molecule has 4 heteroatoms. The minimum atomic E-state index is -0.271. The summed E-state index contributed by atoms with van der Waals surface area (Å²) < 4.78 is 0. The Morgan fingerprint density at radius 1 is 1.23 bits per heavy atom. The van der Waals surface area contributed by atoms with Gasteiger partial charge in [-0.3, -0.25) is 4.79 Å². The van der Waals surface area contributed by atoms with E-state index in [1.165, 1.54) is 19.3 Å². The Kier molecular flexibility index (Phi) is 2.71. The van der Waals surface area contributed by atoms with Gasteiger partial charge < -0.3 is 10.4 Å². The molecule has 0 aromatic carbocycles. The summed E-state index contributed by atoms with van der Waals surface area (Å²) in [6, 6.07) is 3.22. The van der Waals surface area contributed by atoms with Crippen LogP contribution in [0.2, 0.25) is 0 Å². The summed E-state index contributed by atoms with van der Waals surface area (Å²) in [5.41, 5.74) is 0.336. The van der Waals surface area contributed by atoms with Gasteiger partial charge in [-0.2, -0.15) is 0 Å². The SMILES string of the molecule is CC12CC3CC(C)(C1)CC(C(=O)Nc1ncccc1O)(C3)C2. The van der Waals surface area contributed by atoms with Gasteiger partial charge in [0.1, 0.15) is 0 Å². The number of aromatic nitrogens is 1. The molecule has 118 valence electrons. The lowest BCUT2D eigenvalue weighted by Gasteiger charge is -2.64. The lowest BCUT2D eigenvalue weighted by Crippen LogP contribution is -2.58. The fourth-order valence-electron chi connectivity index (χ4n) is 6.43. The van der Waals surface area contributed by atoms with Gasteiger partial charge in [0.15, 0.2) is 11.6 Å². The first kappa shape index (κ1) is 14.0. The van der Waals surface area contributed by atoms with Crippen LogP contribution in [0.25, 0.3) is 0 Å². The number of nitrogens with one attached hydrogen (secondary N) is 1. The first-order chi connectivity index (χ1) is 10.3. The maximum Gasteiger partial charge on any atom is 0.231 e. The molecule has 1 aromatic rings. The highest BCUT2D eigenvalue weighted by Crippen LogP contribution is 2.69. The summed E-state index contributed by atoms with van der Waals surface area (Å²) in [7, 11) is 0. The van der Waals surface area contributed by atoms with Crippen LogP contribution in [-0.4, -0.2) is 16.0 Å². The summed E-state index contributed by atoms with van der Waals surface area (Å²) in [4.78, 5) is 17.1. The van der Waals surface area contributed by atoms with Crippen LogP contribution in [0.1, 0.15) is 52.4 Å². The summed E-state index contributed by atoms with van der Waals surface area (Å²) in [6.07, 6.45) is 8.34. The van der Waals surface area contributed by atoms with Crippen molar-refractivity contribution in [1.82, 2.24) is 4.98 Å². The van der Waals surface area contributed by atoms with Crippen molar-refractivity contribution < 1.29 is 9.90 Å². The predicted molar refractivity (Wildman–Crippen MR) is 84.4 cm³/mol. The average Bonchev–Trinajstić information content (AvgIpc) is 2.37. The minimum Gasteiger partial charge on any atom is -0.504 e. The van der Waals surface area contributed by atoms with Crippen molar-refractivity contribution in [2.45, 2.75) is 52.4 Å². The van der Waals surface area contributed by atoms with E-state index in [4.69, 9.17) is 0 Å². The van der Waals surface area contributed by atoms with Gasteiger partial charge in [0.25, 0.3) is 0 Å². The topological polar surface area (TPSA) is 62.2 Å². The monoisotopic (exact) mass is 300 g/mol. The van der Waals surface area contributed by atoms with Gasteiger partial charge in [-0.15, -0.1) is 0 Å². The number of nitrogens with zero attached hydrogens (tertiary/aromatic N) is 1. The summed E-state index contributed by atoms with van der Waals surface area (Å²) in [6.45, 7) is 4.71. The molecule has 0 radical (unpaired) electrons. The van der Waals surface area contributed by atoms with E-state index in [2.05, 4.69) is 24.1 Å². The molecule has 2 atom stereocenters. The van der Waals surface area contributed by atoms with Crippen LogP contribution in [0.15, 0.2) is 18.3 Å². The first-order valence-corrected chi connectivity index (χ1v) is 8.27. The Morgan fingerprint density at radius 2 is 1.91 bits per heavy atom. The van der Waals surface area contributed by atoms with Crippen LogP contribution in [0.5, 0.6) is 5.75 Å². The van der Waals surface area contributed by atoms with E-state index in [-0.39, 0.29) is 17.1 Å². The van der Waals surface area contributed by atoms with Crippen LogP contribution in [0.4, 0.5) is 5.82 Å². The standard InChI is InChI=1S/C18H24N2O2/c1-16-6-12-7-17(2,9-16)11-18(8-12,10-16)15(22)20-14-13(21)4-3-5-19-14/h3-5,12,21H,6-11H2,1-2H3,(H,19,20,22). The lowest BCUT2D eigenvalue weighted by atomic mass is 9.40. The molecule has 4 bridgehead atoms. The number of rotatable bonds is 2. The molecule has 4 nitrogen and oxygen atoms in total. The van der Waals surface area contributed by atoms with Crippen molar-refractivity contribution in [3.8, 4) is 5.75 Å². The molecule has 1 heterocycles. The van der Waals surface area contributed by atoms with Gasteiger partial charge in [-0.25, -0.2) is 4.98 Å². The molecule has 2 N–H and O–H groups in total. The van der Waals surface area contributed by atoms with Crippen LogP contribution in [-0.2, 0) is 4.79 Å². The van der Waals surface area contributed by atoms with E-state index in [0.29, 0.717) is 22.6 Å². The van der Waals surface area contributed by atoms with Crippen molar-refractivity contribution in [3.05, 3.63) is 18.3 Å². The Hall–Kier alpha value is -1.58. The van der Waals surface area contributed by atoms with Gasteiger partial charge >= 0.3 is 0 Å². The zero-order chi connectivity index (χ0) is 15.6. The zero-order valence-corrected chi connectivity index (χ0v) is 13.4. The second kappa shape index (κ2) is 4.24. The highest BCUT2D eigenvalue weighted by molar-refractivity contribution is 5.96. The summed E-state index contributed by atoms with van der Waals surface area (Å²) in [5.74, 6) is 1.06. The second-order valence-electron chi connectivity index (χ2n) is 8.74. The molecule has 22 heavy (non-hydrogen) atoms. The van der Waals surface area contributed by atoms with E-state index in [1.54, 1.807) is 18.3 Å². The fourth-order valence-corrected chi connectivity index (χ4v) is 6.43. The van der Waals surface area contributed by atoms with E-state index in [9.17, 15) is 9.90 Å². The van der Waals surface area contributed by atoms with Crippen LogP contribution < -0.4 is 5.32 Å². The third-order valence-electron chi connectivity index (χ3n) is 6.13. The molecule has 0 saturated heterocycles. The van der Waals surface area contributed by atoms with Crippen molar-refractivity contribution in [2.24, 2.45) is 22.2 Å². The van der Waals surface area contributed by atoms with E-state index >= 15 is 0 Å². The molecule has 4 aliphatic rings. The molecular weight excluding hydrogens is 276 g/mol. The third-order valence-corrected chi connectivity index (χ3v) is 6.13. The maximum atomic E-state index is 13.0. The molecule has 0 spiro atoms. The van der Waals surface area contributed by atoms with E-state index < -0.39 is 0 Å². The lowest BCUT2D eigenvalue weighted by molar-refractivity contribution is -0.165. The molecule has 4 aliphatic carbocycles. The predicted octanol–water partition coefficient (Wildman–Crippen LogP) is 3.72. The molecule has 4 fully saturated rings. The number of aromatic hydroxyl groups is 1. The van der Waals surface area contributed by atoms with E-state index in [0.717, 1.165) is 19.3 Å². The molecule has 1 amide bonds. The largest absolute Gasteiger partial charge is 0.504 e. The summed E-state index contributed by atoms with van der Waals surface area (Å²) in [5, 5.41) is 12.8. The second-order valence-corrected chi connectivity index (χ2v) is 8.74. The number of pyridine rings is 1. The highest BCUT2D eigenvalue weighted by Gasteiger charge is 2.62. The van der Waals surface area contributed by atoms with Crippen molar-refractivity contribution in [2.75, 3.05) is 5.32 Å². The van der Waals surface area contributed by atoms with Crippen LogP contribution in [0, 0.1) is 22.2 Å². The Balaban J connectivity index is 1.64. The van der Waals surface area contributed by atoms with Crippen molar-refractivity contribution >= 4 is 11.7 Å². The van der Waals surface area contributed by atoms with Crippen LogP contribution in [0.3, 0.4) is 0 Å². The van der Waals surface area contributed by atoms with E-state index in [1.807, 2.05) is 0 Å². The van der Waals surface area contributed by atoms with Gasteiger partial charge in [0, 0.05) is 6.20 Å². The van der Waals surface area contributed by atoms with Gasteiger partial charge in [0.2, 0.25) is 5.91 Å². The quantitative estimate of drug-likeness (QED) is 0.875. The third kappa shape index (κ3) is 2.03.